The molecule has 0 unspecified atom stereocenters. The molecule has 0 saturated heterocycles. The summed E-state index contributed by atoms with van der Waals surface area (Å²) in [5.41, 5.74) is 2.15. The van der Waals surface area contributed by atoms with Crippen LogP contribution >= 0.6 is 15.9 Å². The zero-order chi connectivity index (χ0) is 20.3. The van der Waals surface area contributed by atoms with Crippen molar-refractivity contribution in [2.75, 3.05) is 24.2 Å². The number of benzene rings is 2. The number of hydrogen-bond donors (Lipinski definition) is 1. The van der Waals surface area contributed by atoms with Crippen LogP contribution in [-0.2, 0) is 21.1 Å². The van der Waals surface area contributed by atoms with Gasteiger partial charge in [-0.15, -0.1) is 0 Å². The lowest BCUT2D eigenvalue weighted by molar-refractivity contribution is -0.118. The van der Waals surface area contributed by atoms with E-state index in [2.05, 4.69) is 21.2 Å². The highest BCUT2D eigenvalue weighted by atomic mass is 79.9. The third-order valence-electron chi connectivity index (χ3n) is 4.63. The molecule has 0 bridgehead atoms. The standard InChI is InChI=1S/C20H21BrN2O4S/c1-28(26,27)17-8-9-18-15(13-17)3-2-12-23(18)19(24)10-11-22-20(25)14-4-6-16(21)7-5-14/h4-9,13H,2-3,10-12H2,1H3,(H,22,25). The summed E-state index contributed by atoms with van der Waals surface area (Å²) in [5, 5.41) is 2.76. The summed E-state index contributed by atoms with van der Waals surface area (Å²) in [6, 6.07) is 11.9. The molecule has 0 atom stereocenters. The quantitative estimate of drug-likeness (QED) is 0.736. The molecule has 2 aromatic carbocycles. The molecular weight excluding hydrogens is 444 g/mol. The number of sulfone groups is 1. The summed E-state index contributed by atoms with van der Waals surface area (Å²) >= 11 is 3.32. The van der Waals surface area contributed by atoms with Gasteiger partial charge in [-0.3, -0.25) is 9.59 Å². The van der Waals surface area contributed by atoms with Crippen LogP contribution in [-0.4, -0.2) is 39.6 Å². The van der Waals surface area contributed by atoms with Gasteiger partial charge in [0.25, 0.3) is 5.91 Å². The maximum absolute atomic E-state index is 12.7. The van der Waals surface area contributed by atoms with E-state index in [1.807, 2.05) is 0 Å². The lowest BCUT2D eigenvalue weighted by Crippen LogP contribution is -2.37. The molecule has 148 valence electrons. The van der Waals surface area contributed by atoms with Crippen molar-refractivity contribution in [3.05, 3.63) is 58.1 Å². The van der Waals surface area contributed by atoms with Crippen LogP contribution in [0.2, 0.25) is 0 Å². The van der Waals surface area contributed by atoms with Crippen molar-refractivity contribution in [1.29, 1.82) is 0 Å². The van der Waals surface area contributed by atoms with Crippen molar-refractivity contribution < 1.29 is 18.0 Å². The number of aryl methyl sites for hydroxylation is 1. The average molecular weight is 465 g/mol. The summed E-state index contributed by atoms with van der Waals surface area (Å²) in [7, 11) is -3.28. The van der Waals surface area contributed by atoms with Crippen LogP contribution in [0, 0.1) is 0 Å². The molecule has 0 saturated carbocycles. The normalized spacial score (nSPS) is 13.7. The lowest BCUT2D eigenvalue weighted by atomic mass is 10.0. The van der Waals surface area contributed by atoms with Crippen molar-refractivity contribution in [3.8, 4) is 0 Å². The van der Waals surface area contributed by atoms with Gasteiger partial charge in [0, 0.05) is 41.5 Å². The predicted octanol–water partition coefficient (Wildman–Crippen LogP) is 2.95. The molecule has 1 aliphatic rings. The van der Waals surface area contributed by atoms with E-state index in [4.69, 9.17) is 0 Å². The van der Waals surface area contributed by atoms with Crippen LogP contribution in [0.1, 0.15) is 28.8 Å². The number of nitrogens with zero attached hydrogens (tertiary/aromatic N) is 1. The second kappa shape index (κ2) is 8.45. The van der Waals surface area contributed by atoms with E-state index in [0.29, 0.717) is 12.1 Å². The zero-order valence-corrected chi connectivity index (χ0v) is 17.8. The molecule has 0 spiro atoms. The van der Waals surface area contributed by atoms with E-state index in [0.717, 1.165) is 28.6 Å². The number of fused-ring (bicyclic) bond motifs is 1. The Balaban J connectivity index is 1.63. The number of rotatable bonds is 5. The molecule has 2 aromatic rings. The summed E-state index contributed by atoms with van der Waals surface area (Å²) in [6.45, 7) is 0.825. The number of hydrogen-bond acceptors (Lipinski definition) is 4. The van der Waals surface area contributed by atoms with Crippen LogP contribution in [0.5, 0.6) is 0 Å². The van der Waals surface area contributed by atoms with E-state index in [-0.39, 0.29) is 29.7 Å². The van der Waals surface area contributed by atoms with Crippen LogP contribution in [0.25, 0.3) is 0 Å². The van der Waals surface area contributed by atoms with Gasteiger partial charge in [-0.05, 0) is 60.9 Å². The molecule has 0 fully saturated rings. The van der Waals surface area contributed by atoms with Crippen molar-refractivity contribution in [1.82, 2.24) is 5.32 Å². The third kappa shape index (κ3) is 4.80. The molecule has 2 amide bonds. The topological polar surface area (TPSA) is 83.6 Å². The van der Waals surface area contributed by atoms with Crippen molar-refractivity contribution in [2.24, 2.45) is 0 Å². The van der Waals surface area contributed by atoms with Gasteiger partial charge in [0.2, 0.25) is 5.91 Å². The van der Waals surface area contributed by atoms with E-state index in [1.165, 1.54) is 12.3 Å². The maximum Gasteiger partial charge on any atom is 0.251 e. The minimum atomic E-state index is -3.28. The first-order valence-corrected chi connectivity index (χ1v) is 11.6. The molecule has 0 radical (unpaired) electrons. The first kappa shape index (κ1) is 20.5. The number of carbonyl (C=O) groups is 2. The smallest absolute Gasteiger partial charge is 0.251 e. The Bertz CT molecular complexity index is 1000. The van der Waals surface area contributed by atoms with E-state index in [9.17, 15) is 18.0 Å². The van der Waals surface area contributed by atoms with Crippen LogP contribution < -0.4 is 10.2 Å². The van der Waals surface area contributed by atoms with Crippen LogP contribution in [0.3, 0.4) is 0 Å². The summed E-state index contributed by atoms with van der Waals surface area (Å²) in [4.78, 5) is 26.7. The van der Waals surface area contributed by atoms with Gasteiger partial charge in [-0.2, -0.15) is 0 Å². The Hall–Kier alpha value is -2.19. The fourth-order valence-electron chi connectivity index (χ4n) is 3.18. The molecule has 28 heavy (non-hydrogen) atoms. The van der Waals surface area contributed by atoms with E-state index in [1.54, 1.807) is 41.3 Å². The van der Waals surface area contributed by atoms with Gasteiger partial charge in [0.05, 0.1) is 4.90 Å². The van der Waals surface area contributed by atoms with Crippen molar-refractivity contribution in [3.63, 3.8) is 0 Å². The van der Waals surface area contributed by atoms with E-state index >= 15 is 0 Å². The van der Waals surface area contributed by atoms with Gasteiger partial charge in [-0.25, -0.2) is 8.42 Å². The SMILES string of the molecule is CS(=O)(=O)c1ccc2c(c1)CCCN2C(=O)CCNC(=O)c1ccc(Br)cc1. The summed E-state index contributed by atoms with van der Waals surface area (Å²) in [5.74, 6) is -0.318. The number of nitrogens with one attached hydrogen (secondary N) is 1. The molecule has 1 aliphatic heterocycles. The molecular formula is C20H21BrN2O4S. The molecule has 0 aliphatic carbocycles. The number of halogens is 1. The predicted molar refractivity (Wildman–Crippen MR) is 111 cm³/mol. The van der Waals surface area contributed by atoms with Crippen molar-refractivity contribution in [2.45, 2.75) is 24.2 Å². The largest absolute Gasteiger partial charge is 0.352 e. The first-order chi connectivity index (χ1) is 13.3. The fourth-order valence-corrected chi connectivity index (χ4v) is 4.12. The van der Waals surface area contributed by atoms with Gasteiger partial charge >= 0.3 is 0 Å². The lowest BCUT2D eigenvalue weighted by Gasteiger charge is -2.30. The second-order valence-electron chi connectivity index (χ2n) is 6.72. The number of amides is 2. The Kier molecular flexibility index (Phi) is 6.20. The monoisotopic (exact) mass is 464 g/mol. The minimum absolute atomic E-state index is 0.0934. The van der Waals surface area contributed by atoms with Gasteiger partial charge in [-0.1, -0.05) is 15.9 Å². The average Bonchev–Trinajstić information content (AvgIpc) is 2.66. The molecule has 0 aromatic heterocycles. The summed E-state index contributed by atoms with van der Waals surface area (Å²) < 4.78 is 24.4. The number of anilines is 1. The fraction of sp³-hybridized carbons (Fsp3) is 0.300. The molecule has 8 heteroatoms. The highest BCUT2D eigenvalue weighted by Gasteiger charge is 2.23. The van der Waals surface area contributed by atoms with Gasteiger partial charge in [0.15, 0.2) is 9.84 Å². The van der Waals surface area contributed by atoms with E-state index < -0.39 is 9.84 Å². The van der Waals surface area contributed by atoms with Crippen molar-refractivity contribution >= 4 is 43.3 Å². The van der Waals surface area contributed by atoms with Crippen LogP contribution in [0.4, 0.5) is 5.69 Å². The Morgan fingerprint density at radius 3 is 2.54 bits per heavy atom. The summed E-state index contributed by atoms with van der Waals surface area (Å²) in [6.07, 6.45) is 2.87. The van der Waals surface area contributed by atoms with Gasteiger partial charge in [0.1, 0.15) is 0 Å². The zero-order valence-electron chi connectivity index (χ0n) is 15.4. The number of carbonyl (C=O) groups excluding carboxylic acids is 2. The molecule has 3 rings (SSSR count). The highest BCUT2D eigenvalue weighted by Crippen LogP contribution is 2.29. The minimum Gasteiger partial charge on any atom is -0.352 e. The second-order valence-corrected chi connectivity index (χ2v) is 9.66. The molecule has 1 heterocycles. The maximum atomic E-state index is 12.7. The third-order valence-corrected chi connectivity index (χ3v) is 6.27. The Morgan fingerprint density at radius 1 is 1.14 bits per heavy atom. The highest BCUT2D eigenvalue weighted by molar-refractivity contribution is 9.10. The first-order valence-electron chi connectivity index (χ1n) is 8.93. The molecule has 1 N–H and O–H groups in total. The van der Waals surface area contributed by atoms with Crippen LogP contribution in [0.15, 0.2) is 51.8 Å². The Morgan fingerprint density at radius 2 is 1.86 bits per heavy atom. The molecule has 6 nitrogen and oxygen atoms in total. The van der Waals surface area contributed by atoms with Gasteiger partial charge < -0.3 is 10.2 Å². The Labute approximate surface area is 173 Å².